The molecule has 0 aromatic heterocycles. The fraction of sp³-hybridized carbons (Fsp3) is 0.242. The molecular formula is C33H33BrCl2N4O4. The Hall–Kier alpha value is -3.79. The number of benzene rings is 4. The molecule has 8 nitrogen and oxygen atoms in total. The van der Waals surface area contributed by atoms with Crippen LogP contribution in [0.2, 0.25) is 5.02 Å². The van der Waals surface area contributed by atoms with E-state index in [4.69, 9.17) is 22.1 Å². The van der Waals surface area contributed by atoms with Crippen molar-refractivity contribution in [1.82, 2.24) is 5.32 Å². The van der Waals surface area contributed by atoms with Gasteiger partial charge in [-0.1, -0.05) is 53.5 Å². The summed E-state index contributed by atoms with van der Waals surface area (Å²) in [5.74, 6) is -0.689. The third-order valence-electron chi connectivity index (χ3n) is 7.81. The lowest BCUT2D eigenvalue weighted by Crippen LogP contribution is -2.53. The molecule has 0 unspecified atom stereocenters. The Bertz CT molecular complexity index is 1720. The molecule has 0 fully saturated rings. The second-order valence-corrected chi connectivity index (χ2v) is 11.9. The number of halogens is 3. The molecule has 1 heterocycles. The first-order valence-corrected chi connectivity index (χ1v) is 15.1. The number of carbonyl (C=O) groups excluding carboxylic acids is 3. The van der Waals surface area contributed by atoms with Crippen LogP contribution in [0.5, 0.6) is 5.75 Å². The van der Waals surface area contributed by atoms with Crippen molar-refractivity contribution >= 4 is 85.5 Å². The first-order valence-electron chi connectivity index (χ1n) is 13.9. The van der Waals surface area contributed by atoms with Crippen LogP contribution in [-0.4, -0.2) is 37.4 Å². The van der Waals surface area contributed by atoms with Crippen molar-refractivity contribution in [2.45, 2.75) is 32.9 Å². The molecule has 0 saturated carbocycles. The summed E-state index contributed by atoms with van der Waals surface area (Å²) >= 11 is 10.0. The number of methoxy groups -OCH3 is 1. The topological polar surface area (TPSA) is 105 Å². The van der Waals surface area contributed by atoms with Gasteiger partial charge in [-0.15, -0.1) is 12.4 Å². The van der Waals surface area contributed by atoms with Gasteiger partial charge in [0.2, 0.25) is 5.91 Å². The van der Waals surface area contributed by atoms with Gasteiger partial charge in [-0.3, -0.25) is 14.4 Å². The maximum Gasteiger partial charge on any atom is 0.258 e. The van der Waals surface area contributed by atoms with Crippen LogP contribution in [0.1, 0.15) is 36.2 Å². The van der Waals surface area contributed by atoms with E-state index in [9.17, 15) is 14.4 Å². The standard InChI is InChI=1S/C33H32BrClN4O4.ClH/c1-4-19(2)31(40)37-27-18-39(32(41)20-5-10-24(36)11-6-20)29-16-23(35)9-13-28(29)38(33(27)42)17-26-25-12-8-22(34)15-21(25)7-14-30(26)43-3;/h5-16,19,27H,4,17-18,36H2,1-3H3,(H,37,40);1H/t19-,27+;/m1./s1. The molecule has 1 aliphatic rings. The van der Waals surface area contributed by atoms with Crippen LogP contribution in [0, 0.1) is 5.92 Å². The molecule has 0 aliphatic carbocycles. The highest BCUT2D eigenvalue weighted by Gasteiger charge is 2.38. The van der Waals surface area contributed by atoms with Gasteiger partial charge >= 0.3 is 0 Å². The average molecular weight is 700 g/mol. The molecule has 0 bridgehead atoms. The predicted octanol–water partition coefficient (Wildman–Crippen LogP) is 6.99. The third-order valence-corrected chi connectivity index (χ3v) is 8.54. The summed E-state index contributed by atoms with van der Waals surface area (Å²) in [4.78, 5) is 44.7. The van der Waals surface area contributed by atoms with Gasteiger partial charge in [-0.2, -0.15) is 0 Å². The van der Waals surface area contributed by atoms with Crippen LogP contribution in [0.15, 0.2) is 77.3 Å². The highest BCUT2D eigenvalue weighted by Crippen LogP contribution is 2.39. The molecule has 0 spiro atoms. The predicted molar refractivity (Wildman–Crippen MR) is 182 cm³/mol. The number of amides is 3. The number of hydrogen-bond acceptors (Lipinski definition) is 5. The molecule has 3 amide bonds. The summed E-state index contributed by atoms with van der Waals surface area (Å²) in [6.45, 7) is 3.74. The molecule has 44 heavy (non-hydrogen) atoms. The number of nitrogens with two attached hydrogens (primary N) is 1. The number of fused-ring (bicyclic) bond motifs is 2. The second-order valence-electron chi connectivity index (χ2n) is 10.6. The molecule has 230 valence electrons. The summed E-state index contributed by atoms with van der Waals surface area (Å²) in [6, 6.07) is 20.4. The minimum Gasteiger partial charge on any atom is -0.496 e. The zero-order chi connectivity index (χ0) is 30.8. The Balaban J connectivity index is 0.00000442. The summed E-state index contributed by atoms with van der Waals surface area (Å²) < 4.78 is 6.67. The molecule has 0 saturated heterocycles. The van der Waals surface area contributed by atoms with Crippen LogP contribution < -0.4 is 25.6 Å². The van der Waals surface area contributed by atoms with Crippen molar-refractivity contribution in [1.29, 1.82) is 0 Å². The van der Waals surface area contributed by atoms with Gasteiger partial charge in [0.15, 0.2) is 0 Å². The molecule has 4 aromatic carbocycles. The quantitative estimate of drug-likeness (QED) is 0.202. The number of anilines is 3. The van der Waals surface area contributed by atoms with Gasteiger partial charge in [0.05, 0.1) is 31.6 Å². The lowest BCUT2D eigenvalue weighted by molar-refractivity contribution is -0.129. The van der Waals surface area contributed by atoms with E-state index in [1.165, 1.54) is 4.90 Å². The number of ether oxygens (including phenoxy) is 1. The van der Waals surface area contributed by atoms with E-state index in [-0.39, 0.29) is 49.1 Å². The molecule has 4 aromatic rings. The number of nitrogen functional groups attached to an aromatic ring is 1. The summed E-state index contributed by atoms with van der Waals surface area (Å²) in [5.41, 5.74) is 8.49. The smallest absolute Gasteiger partial charge is 0.258 e. The summed E-state index contributed by atoms with van der Waals surface area (Å²) in [6.07, 6.45) is 0.600. The van der Waals surface area contributed by atoms with Crippen LogP contribution in [0.4, 0.5) is 17.1 Å². The SMILES string of the molecule is CC[C@@H](C)C(=O)N[C@H]1CN(C(=O)c2ccc(N)cc2)c2cc(Cl)ccc2N(Cc2c(OC)ccc3cc(Br)ccc23)C1=O.Cl. The van der Waals surface area contributed by atoms with Gasteiger partial charge in [0.1, 0.15) is 11.8 Å². The van der Waals surface area contributed by atoms with Crippen LogP contribution in [0.25, 0.3) is 10.8 Å². The van der Waals surface area contributed by atoms with E-state index < -0.39 is 6.04 Å². The third kappa shape index (κ3) is 6.65. The lowest BCUT2D eigenvalue weighted by Gasteiger charge is -2.27. The zero-order valence-corrected chi connectivity index (χ0v) is 27.6. The van der Waals surface area contributed by atoms with Crippen LogP contribution >= 0.6 is 39.9 Å². The van der Waals surface area contributed by atoms with Crippen LogP contribution in [-0.2, 0) is 16.1 Å². The van der Waals surface area contributed by atoms with Crippen molar-refractivity contribution in [3.05, 3.63) is 93.4 Å². The maximum absolute atomic E-state index is 14.5. The highest BCUT2D eigenvalue weighted by atomic mass is 79.9. The molecule has 2 atom stereocenters. The van der Waals surface area contributed by atoms with Gasteiger partial charge in [0, 0.05) is 32.2 Å². The van der Waals surface area contributed by atoms with E-state index in [1.807, 2.05) is 37.3 Å². The summed E-state index contributed by atoms with van der Waals surface area (Å²) in [7, 11) is 1.59. The zero-order valence-electron chi connectivity index (χ0n) is 24.5. The van der Waals surface area contributed by atoms with Crippen molar-refractivity contribution < 1.29 is 19.1 Å². The normalized spacial score (nSPS) is 15.2. The van der Waals surface area contributed by atoms with E-state index in [1.54, 1.807) is 61.4 Å². The van der Waals surface area contributed by atoms with Crippen molar-refractivity contribution in [2.75, 3.05) is 29.2 Å². The van der Waals surface area contributed by atoms with Crippen molar-refractivity contribution in [2.24, 2.45) is 5.92 Å². The van der Waals surface area contributed by atoms with E-state index in [0.29, 0.717) is 39.8 Å². The Morgan fingerprint density at radius 2 is 1.80 bits per heavy atom. The Morgan fingerprint density at radius 3 is 2.48 bits per heavy atom. The number of nitrogens with zero attached hydrogens (tertiary/aromatic N) is 2. The lowest BCUT2D eigenvalue weighted by atomic mass is 10.0. The van der Waals surface area contributed by atoms with Gasteiger partial charge in [0.25, 0.3) is 11.8 Å². The molecule has 3 N–H and O–H groups in total. The number of rotatable bonds is 7. The number of nitrogens with one attached hydrogen (secondary N) is 1. The Labute approximate surface area is 276 Å². The summed E-state index contributed by atoms with van der Waals surface area (Å²) in [5, 5.41) is 5.20. The van der Waals surface area contributed by atoms with Gasteiger partial charge in [-0.05, 0) is 77.9 Å². The molecule has 5 rings (SSSR count). The van der Waals surface area contributed by atoms with E-state index >= 15 is 0 Å². The number of carbonyl (C=O) groups is 3. The molecule has 11 heteroatoms. The number of hydrogen-bond donors (Lipinski definition) is 2. The molecule has 1 aliphatic heterocycles. The first-order chi connectivity index (χ1) is 20.6. The minimum atomic E-state index is -1.03. The monoisotopic (exact) mass is 698 g/mol. The van der Waals surface area contributed by atoms with Crippen LogP contribution in [0.3, 0.4) is 0 Å². The Morgan fingerprint density at radius 1 is 1.07 bits per heavy atom. The fourth-order valence-corrected chi connectivity index (χ4v) is 5.75. The second kappa shape index (κ2) is 13.9. The van der Waals surface area contributed by atoms with Gasteiger partial charge in [-0.25, -0.2) is 0 Å². The van der Waals surface area contributed by atoms with Gasteiger partial charge < -0.3 is 25.6 Å². The largest absolute Gasteiger partial charge is 0.496 e. The fourth-order valence-electron chi connectivity index (χ4n) is 5.21. The van der Waals surface area contributed by atoms with Crippen molar-refractivity contribution in [3.63, 3.8) is 0 Å². The van der Waals surface area contributed by atoms with E-state index in [0.717, 1.165) is 20.8 Å². The molecular weight excluding hydrogens is 667 g/mol. The molecule has 0 radical (unpaired) electrons. The minimum absolute atomic E-state index is 0. The maximum atomic E-state index is 14.5. The average Bonchev–Trinajstić information content (AvgIpc) is 3.10. The first kappa shape index (κ1) is 33.1. The Kier molecular flexibility index (Phi) is 10.4. The van der Waals surface area contributed by atoms with E-state index in [2.05, 4.69) is 21.2 Å². The highest BCUT2D eigenvalue weighted by molar-refractivity contribution is 9.10. The van der Waals surface area contributed by atoms with Crippen molar-refractivity contribution in [3.8, 4) is 5.75 Å².